The molecule has 19 heavy (non-hydrogen) atoms. The Labute approximate surface area is 121 Å². The number of hydrogen-bond acceptors (Lipinski definition) is 4. The summed E-state index contributed by atoms with van der Waals surface area (Å²) in [7, 11) is -3.65. The molecule has 0 saturated heterocycles. The lowest BCUT2D eigenvalue weighted by Crippen LogP contribution is -2.45. The normalized spacial score (nSPS) is 24.3. The first-order valence-electron chi connectivity index (χ1n) is 6.15. The van der Waals surface area contributed by atoms with Crippen LogP contribution in [0.15, 0.2) is 27.6 Å². The number of aliphatic hydroxyl groups excluding tert-OH is 1. The van der Waals surface area contributed by atoms with E-state index in [2.05, 4.69) is 20.7 Å². The van der Waals surface area contributed by atoms with Crippen LogP contribution in [-0.2, 0) is 10.0 Å². The van der Waals surface area contributed by atoms with E-state index in [1.54, 1.807) is 6.07 Å². The quantitative estimate of drug-likeness (QED) is 0.723. The summed E-state index contributed by atoms with van der Waals surface area (Å²) in [5.74, 6) is 0. The molecule has 0 radical (unpaired) electrons. The van der Waals surface area contributed by atoms with Gasteiger partial charge < -0.3 is 10.8 Å². The molecule has 0 spiro atoms. The minimum atomic E-state index is -3.65. The topological polar surface area (TPSA) is 92.4 Å². The third-order valence-electron chi connectivity index (χ3n) is 3.28. The van der Waals surface area contributed by atoms with E-state index in [1.807, 2.05) is 0 Å². The minimum absolute atomic E-state index is 0.138. The molecule has 0 unspecified atom stereocenters. The number of rotatable bonds is 3. The van der Waals surface area contributed by atoms with E-state index < -0.39 is 22.2 Å². The van der Waals surface area contributed by atoms with Crippen LogP contribution in [0.1, 0.15) is 25.7 Å². The number of halogens is 1. The first kappa shape index (κ1) is 14.8. The molecule has 1 aromatic carbocycles. The Morgan fingerprint density at radius 2 is 2.00 bits per heavy atom. The smallest absolute Gasteiger partial charge is 0.242 e. The van der Waals surface area contributed by atoms with Crippen LogP contribution in [0.4, 0.5) is 5.69 Å². The maximum absolute atomic E-state index is 12.3. The lowest BCUT2D eigenvalue weighted by atomic mass is 9.93. The van der Waals surface area contributed by atoms with Crippen LogP contribution >= 0.6 is 15.9 Å². The molecule has 1 saturated carbocycles. The van der Waals surface area contributed by atoms with Crippen LogP contribution < -0.4 is 10.5 Å². The molecular formula is C12H17BrN2O3S. The zero-order chi connectivity index (χ0) is 14.0. The third-order valence-corrected chi connectivity index (χ3v) is 5.75. The lowest BCUT2D eigenvalue weighted by Gasteiger charge is -2.28. The van der Waals surface area contributed by atoms with E-state index in [9.17, 15) is 13.5 Å². The van der Waals surface area contributed by atoms with Crippen LogP contribution in [0.3, 0.4) is 0 Å². The lowest BCUT2D eigenvalue weighted by molar-refractivity contribution is 0.101. The summed E-state index contributed by atoms with van der Waals surface area (Å²) in [6.07, 6.45) is 2.54. The predicted octanol–water partition coefficient (Wildman–Crippen LogP) is 1.61. The summed E-state index contributed by atoms with van der Waals surface area (Å²) < 4.78 is 27.6. The Kier molecular flexibility index (Phi) is 4.50. The highest BCUT2D eigenvalue weighted by atomic mass is 79.9. The monoisotopic (exact) mass is 348 g/mol. The van der Waals surface area contributed by atoms with Gasteiger partial charge in [0.15, 0.2) is 0 Å². The molecule has 1 aromatic rings. The molecule has 7 heteroatoms. The Balaban J connectivity index is 2.22. The molecule has 0 bridgehead atoms. The van der Waals surface area contributed by atoms with Gasteiger partial charge in [0, 0.05) is 16.2 Å². The van der Waals surface area contributed by atoms with E-state index >= 15 is 0 Å². The van der Waals surface area contributed by atoms with E-state index in [0.29, 0.717) is 23.0 Å². The van der Waals surface area contributed by atoms with Gasteiger partial charge in [-0.2, -0.15) is 0 Å². The van der Waals surface area contributed by atoms with Crippen molar-refractivity contribution in [3.63, 3.8) is 0 Å². The molecule has 1 fully saturated rings. The largest absolute Gasteiger partial charge is 0.399 e. The van der Waals surface area contributed by atoms with Crippen LogP contribution in [0.25, 0.3) is 0 Å². The number of nitrogen functional groups attached to an aromatic ring is 1. The molecule has 2 rings (SSSR count). The van der Waals surface area contributed by atoms with Crippen LogP contribution in [-0.4, -0.2) is 25.7 Å². The molecule has 2 atom stereocenters. The first-order valence-corrected chi connectivity index (χ1v) is 8.43. The van der Waals surface area contributed by atoms with Crippen molar-refractivity contribution in [3.05, 3.63) is 22.7 Å². The highest BCUT2D eigenvalue weighted by Gasteiger charge is 2.28. The second-order valence-electron chi connectivity index (χ2n) is 4.77. The van der Waals surface area contributed by atoms with Gasteiger partial charge in [-0.3, -0.25) is 0 Å². The van der Waals surface area contributed by atoms with Crippen molar-refractivity contribution in [2.75, 3.05) is 5.73 Å². The van der Waals surface area contributed by atoms with Gasteiger partial charge in [0.05, 0.1) is 11.0 Å². The van der Waals surface area contributed by atoms with Crippen molar-refractivity contribution >= 4 is 31.6 Å². The number of aliphatic hydroxyl groups is 1. The fourth-order valence-electron chi connectivity index (χ4n) is 2.25. The molecule has 0 aromatic heterocycles. The molecule has 0 aliphatic heterocycles. The average molecular weight is 349 g/mol. The SMILES string of the molecule is Nc1ccc(S(=O)(=O)N[C@@H]2CCCC[C@H]2O)c(Br)c1. The molecule has 0 heterocycles. The van der Waals surface area contributed by atoms with Crippen molar-refractivity contribution in [1.82, 2.24) is 4.72 Å². The number of anilines is 1. The zero-order valence-electron chi connectivity index (χ0n) is 10.3. The van der Waals surface area contributed by atoms with Gasteiger partial charge in [-0.25, -0.2) is 13.1 Å². The molecular weight excluding hydrogens is 332 g/mol. The average Bonchev–Trinajstić information content (AvgIpc) is 2.31. The second kappa shape index (κ2) is 5.78. The summed E-state index contributed by atoms with van der Waals surface area (Å²) >= 11 is 3.20. The van der Waals surface area contributed by atoms with Gasteiger partial charge in [0.1, 0.15) is 0 Å². The fraction of sp³-hybridized carbons (Fsp3) is 0.500. The number of sulfonamides is 1. The van der Waals surface area contributed by atoms with E-state index in [4.69, 9.17) is 5.73 Å². The molecule has 1 aliphatic carbocycles. The predicted molar refractivity (Wildman–Crippen MR) is 77.1 cm³/mol. The Morgan fingerprint density at radius 3 is 2.63 bits per heavy atom. The molecule has 4 N–H and O–H groups in total. The summed E-state index contributed by atoms with van der Waals surface area (Å²) in [5, 5.41) is 9.83. The molecule has 106 valence electrons. The first-order chi connectivity index (χ1) is 8.90. The summed E-state index contributed by atoms with van der Waals surface area (Å²) in [6, 6.07) is 4.13. The number of nitrogens with one attached hydrogen (secondary N) is 1. The fourth-order valence-corrected chi connectivity index (χ4v) is 4.65. The van der Waals surface area contributed by atoms with E-state index in [1.165, 1.54) is 12.1 Å². The van der Waals surface area contributed by atoms with Gasteiger partial charge in [0.2, 0.25) is 10.0 Å². The van der Waals surface area contributed by atoms with Gasteiger partial charge in [0.25, 0.3) is 0 Å². The van der Waals surface area contributed by atoms with Crippen LogP contribution in [0.2, 0.25) is 0 Å². The van der Waals surface area contributed by atoms with Gasteiger partial charge >= 0.3 is 0 Å². The van der Waals surface area contributed by atoms with Crippen molar-refractivity contribution in [1.29, 1.82) is 0 Å². The number of hydrogen-bond donors (Lipinski definition) is 3. The number of nitrogens with two attached hydrogens (primary N) is 1. The van der Waals surface area contributed by atoms with Gasteiger partial charge in [-0.05, 0) is 47.0 Å². The highest BCUT2D eigenvalue weighted by molar-refractivity contribution is 9.10. The van der Waals surface area contributed by atoms with Gasteiger partial charge in [-0.15, -0.1) is 0 Å². The summed E-state index contributed by atoms with van der Waals surface area (Å²) in [4.78, 5) is 0.138. The second-order valence-corrected chi connectivity index (χ2v) is 7.31. The highest BCUT2D eigenvalue weighted by Crippen LogP contribution is 2.26. The van der Waals surface area contributed by atoms with Crippen molar-refractivity contribution in [3.8, 4) is 0 Å². The van der Waals surface area contributed by atoms with Crippen molar-refractivity contribution in [2.24, 2.45) is 0 Å². The molecule has 5 nitrogen and oxygen atoms in total. The maximum atomic E-state index is 12.3. The van der Waals surface area contributed by atoms with Crippen LogP contribution in [0.5, 0.6) is 0 Å². The molecule has 1 aliphatic rings. The summed E-state index contributed by atoms with van der Waals surface area (Å²) in [5.41, 5.74) is 6.08. The Bertz CT molecular complexity index is 562. The maximum Gasteiger partial charge on any atom is 0.242 e. The van der Waals surface area contributed by atoms with E-state index in [0.717, 1.165) is 12.8 Å². The van der Waals surface area contributed by atoms with Crippen molar-refractivity contribution < 1.29 is 13.5 Å². The van der Waals surface area contributed by atoms with Gasteiger partial charge in [-0.1, -0.05) is 12.8 Å². The Hall–Kier alpha value is -0.630. The number of benzene rings is 1. The standard InChI is InChI=1S/C12H17BrN2O3S/c13-9-7-8(14)5-6-12(9)19(17,18)15-10-3-1-2-4-11(10)16/h5-7,10-11,15-16H,1-4,14H2/t10-,11-/m1/s1. The zero-order valence-corrected chi connectivity index (χ0v) is 12.7. The van der Waals surface area contributed by atoms with E-state index in [-0.39, 0.29) is 4.90 Å². The molecule has 0 amide bonds. The Morgan fingerprint density at radius 1 is 1.32 bits per heavy atom. The minimum Gasteiger partial charge on any atom is -0.399 e. The third kappa shape index (κ3) is 3.47. The summed E-state index contributed by atoms with van der Waals surface area (Å²) in [6.45, 7) is 0. The van der Waals surface area contributed by atoms with Crippen molar-refractivity contribution in [2.45, 2.75) is 42.7 Å². The van der Waals surface area contributed by atoms with Crippen LogP contribution in [0, 0.1) is 0 Å².